The van der Waals surface area contributed by atoms with Crippen molar-refractivity contribution >= 4 is 17.1 Å². The minimum Gasteiger partial charge on any atom is -0.454 e. The molecule has 6 nitrogen and oxygen atoms in total. The first-order chi connectivity index (χ1) is 14.6. The van der Waals surface area contributed by atoms with Gasteiger partial charge in [0.15, 0.2) is 11.5 Å². The number of ether oxygens (including phenoxy) is 2. The van der Waals surface area contributed by atoms with E-state index in [0.29, 0.717) is 12.5 Å². The number of fused-ring (bicyclic) bond motifs is 1. The molecule has 2 aliphatic heterocycles. The van der Waals surface area contributed by atoms with Gasteiger partial charge in [0.25, 0.3) is 0 Å². The van der Waals surface area contributed by atoms with E-state index < -0.39 is 0 Å². The van der Waals surface area contributed by atoms with Gasteiger partial charge in [-0.3, -0.25) is 9.69 Å². The van der Waals surface area contributed by atoms with Crippen molar-refractivity contribution < 1.29 is 19.4 Å². The van der Waals surface area contributed by atoms with Gasteiger partial charge in [-0.25, -0.2) is 4.98 Å². The number of ketones is 1. The lowest BCUT2D eigenvalue weighted by Gasteiger charge is -2.35. The minimum atomic E-state index is -0.389. The zero-order chi connectivity index (χ0) is 20.7. The fraction of sp³-hybridized carbons (Fsp3) is 0.565. The maximum absolute atomic E-state index is 13.2. The van der Waals surface area contributed by atoms with Crippen LogP contribution in [0.15, 0.2) is 24.4 Å². The van der Waals surface area contributed by atoms with Gasteiger partial charge in [0, 0.05) is 30.2 Å². The molecular formula is C23H28N2O4S. The molecule has 3 aliphatic rings. The molecule has 0 spiro atoms. The Kier molecular flexibility index (Phi) is 5.29. The molecule has 1 saturated heterocycles. The molecule has 160 valence electrons. The Morgan fingerprint density at radius 1 is 1.30 bits per heavy atom. The lowest BCUT2D eigenvalue weighted by atomic mass is 9.89. The molecule has 1 aliphatic carbocycles. The third-order valence-corrected chi connectivity index (χ3v) is 7.85. The van der Waals surface area contributed by atoms with E-state index in [1.807, 2.05) is 24.4 Å². The number of aliphatic hydroxyl groups is 1. The average molecular weight is 429 g/mol. The van der Waals surface area contributed by atoms with Crippen molar-refractivity contribution in [3.05, 3.63) is 39.8 Å². The number of hydrogen-bond donors (Lipinski definition) is 1. The van der Waals surface area contributed by atoms with E-state index in [0.717, 1.165) is 67.3 Å². The third kappa shape index (κ3) is 3.63. The molecule has 0 bridgehead atoms. The Bertz CT molecular complexity index is 931. The van der Waals surface area contributed by atoms with Crippen LogP contribution in [0.4, 0.5) is 0 Å². The maximum atomic E-state index is 13.2. The van der Waals surface area contributed by atoms with E-state index in [1.54, 1.807) is 11.3 Å². The van der Waals surface area contributed by atoms with Gasteiger partial charge in [-0.15, -0.1) is 11.3 Å². The number of likely N-dealkylation sites (tertiary alicyclic amines) is 1. The molecule has 1 atom stereocenters. The fourth-order valence-corrected chi connectivity index (χ4v) is 5.89. The van der Waals surface area contributed by atoms with Gasteiger partial charge in [0.2, 0.25) is 6.79 Å². The highest BCUT2D eigenvalue weighted by Gasteiger charge is 2.51. The Labute approximate surface area is 180 Å². The minimum absolute atomic E-state index is 0.167. The lowest BCUT2D eigenvalue weighted by Crippen LogP contribution is -2.38. The second-order valence-corrected chi connectivity index (χ2v) is 9.74. The van der Waals surface area contributed by atoms with E-state index in [1.165, 1.54) is 4.88 Å². The summed E-state index contributed by atoms with van der Waals surface area (Å²) in [5.41, 5.74) is 0.645. The molecular weight excluding hydrogens is 400 g/mol. The highest BCUT2D eigenvalue weighted by Crippen LogP contribution is 2.51. The zero-order valence-electron chi connectivity index (χ0n) is 17.3. The van der Waals surface area contributed by atoms with E-state index in [-0.39, 0.29) is 24.1 Å². The molecule has 1 unspecified atom stereocenters. The molecule has 5 rings (SSSR count). The molecule has 1 aromatic carbocycles. The maximum Gasteiger partial charge on any atom is 0.231 e. The molecule has 0 radical (unpaired) electrons. The highest BCUT2D eigenvalue weighted by molar-refractivity contribution is 7.11. The van der Waals surface area contributed by atoms with Gasteiger partial charge in [-0.05, 0) is 49.8 Å². The summed E-state index contributed by atoms with van der Waals surface area (Å²) in [6.07, 6.45) is 6.61. The molecule has 1 saturated carbocycles. The van der Waals surface area contributed by atoms with Crippen LogP contribution in [0.5, 0.6) is 11.5 Å². The van der Waals surface area contributed by atoms with Crippen molar-refractivity contribution in [2.45, 2.75) is 63.0 Å². The molecule has 30 heavy (non-hydrogen) atoms. The number of piperidine rings is 1. The number of rotatable bonds is 7. The van der Waals surface area contributed by atoms with Crippen LogP contribution in [0.25, 0.3) is 0 Å². The Balaban J connectivity index is 1.28. The first-order valence-electron chi connectivity index (χ1n) is 10.9. The SMILES string of the molecule is CCC(c1cnc(CC(=O)C2(c3ccc4c(c3)OCO4)CC2)s1)N1CCC(O)CC1. The Hall–Kier alpha value is -1.96. The zero-order valence-corrected chi connectivity index (χ0v) is 18.1. The summed E-state index contributed by atoms with van der Waals surface area (Å²) in [6, 6.07) is 6.21. The smallest absolute Gasteiger partial charge is 0.231 e. The van der Waals surface area contributed by atoms with Crippen molar-refractivity contribution in [1.29, 1.82) is 0 Å². The van der Waals surface area contributed by atoms with Gasteiger partial charge < -0.3 is 14.6 Å². The van der Waals surface area contributed by atoms with Gasteiger partial charge in [0.05, 0.1) is 17.9 Å². The third-order valence-electron chi connectivity index (χ3n) is 6.75. The summed E-state index contributed by atoms with van der Waals surface area (Å²) in [5.74, 6) is 1.74. The molecule has 3 heterocycles. The predicted molar refractivity (Wildman–Crippen MR) is 114 cm³/mol. The number of aliphatic hydroxyl groups excluding tert-OH is 1. The molecule has 1 aromatic heterocycles. The normalized spacial score (nSPS) is 21.5. The number of Topliss-reactive ketones (excluding diaryl/α,β-unsaturated/α-hetero) is 1. The number of benzene rings is 1. The second kappa shape index (κ2) is 7.94. The van der Waals surface area contributed by atoms with Crippen LogP contribution in [0.2, 0.25) is 0 Å². The monoisotopic (exact) mass is 428 g/mol. The number of hydrogen-bond acceptors (Lipinski definition) is 7. The molecule has 2 aromatic rings. The van der Waals surface area contributed by atoms with Crippen molar-refractivity contribution in [1.82, 2.24) is 9.88 Å². The number of aromatic nitrogens is 1. The van der Waals surface area contributed by atoms with Crippen LogP contribution in [-0.4, -0.2) is 46.8 Å². The topological polar surface area (TPSA) is 71.9 Å². The van der Waals surface area contributed by atoms with Crippen molar-refractivity contribution in [2.24, 2.45) is 0 Å². The quantitative estimate of drug-likeness (QED) is 0.726. The van der Waals surface area contributed by atoms with Gasteiger partial charge in [-0.2, -0.15) is 0 Å². The second-order valence-electron chi connectivity index (χ2n) is 8.60. The van der Waals surface area contributed by atoms with Crippen LogP contribution in [-0.2, 0) is 16.6 Å². The molecule has 2 fully saturated rings. The van der Waals surface area contributed by atoms with Crippen LogP contribution in [0.3, 0.4) is 0 Å². The van der Waals surface area contributed by atoms with Crippen LogP contribution in [0.1, 0.15) is 60.5 Å². The summed E-state index contributed by atoms with van der Waals surface area (Å²) >= 11 is 1.67. The summed E-state index contributed by atoms with van der Waals surface area (Å²) in [6.45, 7) is 4.27. The average Bonchev–Trinajstić information content (AvgIpc) is 3.22. The lowest BCUT2D eigenvalue weighted by molar-refractivity contribution is -0.120. The highest BCUT2D eigenvalue weighted by atomic mass is 32.1. The van der Waals surface area contributed by atoms with Crippen LogP contribution < -0.4 is 9.47 Å². The summed E-state index contributed by atoms with van der Waals surface area (Å²) in [5, 5.41) is 10.7. The van der Waals surface area contributed by atoms with E-state index in [4.69, 9.17) is 9.47 Å². The van der Waals surface area contributed by atoms with Crippen molar-refractivity contribution in [3.8, 4) is 11.5 Å². The van der Waals surface area contributed by atoms with E-state index in [9.17, 15) is 9.90 Å². The van der Waals surface area contributed by atoms with Crippen molar-refractivity contribution in [2.75, 3.05) is 19.9 Å². The number of thiazole rings is 1. The van der Waals surface area contributed by atoms with Crippen LogP contribution >= 0.6 is 11.3 Å². The predicted octanol–water partition coefficient (Wildman–Crippen LogP) is 3.62. The van der Waals surface area contributed by atoms with Gasteiger partial charge in [-0.1, -0.05) is 13.0 Å². The van der Waals surface area contributed by atoms with Gasteiger partial charge in [0.1, 0.15) is 10.8 Å². The number of carbonyl (C=O) groups is 1. The summed E-state index contributed by atoms with van der Waals surface area (Å²) in [7, 11) is 0. The number of carbonyl (C=O) groups excluding carboxylic acids is 1. The standard InChI is InChI=1S/C23H28N2O4S/c1-2-17(25-9-5-16(26)6-10-25)20-13-24-22(30-20)12-21(27)23(7-8-23)15-3-4-18-19(11-15)29-14-28-18/h3-4,11,13,16-17,26H,2,5-10,12,14H2,1H3. The van der Waals surface area contributed by atoms with E-state index >= 15 is 0 Å². The first kappa shape index (κ1) is 20.0. The first-order valence-corrected chi connectivity index (χ1v) is 11.7. The van der Waals surface area contributed by atoms with Gasteiger partial charge >= 0.3 is 0 Å². The largest absolute Gasteiger partial charge is 0.454 e. The summed E-state index contributed by atoms with van der Waals surface area (Å²) in [4.78, 5) is 21.5. The summed E-state index contributed by atoms with van der Waals surface area (Å²) < 4.78 is 10.9. The molecule has 1 N–H and O–H groups in total. The van der Waals surface area contributed by atoms with Crippen molar-refractivity contribution in [3.63, 3.8) is 0 Å². The number of nitrogens with zero attached hydrogens (tertiary/aromatic N) is 2. The fourth-order valence-electron chi connectivity index (χ4n) is 4.75. The Morgan fingerprint density at radius 3 is 2.80 bits per heavy atom. The van der Waals surface area contributed by atoms with Crippen LogP contribution in [0, 0.1) is 0 Å². The molecule has 0 amide bonds. The molecule has 7 heteroatoms. The van der Waals surface area contributed by atoms with E-state index in [2.05, 4.69) is 16.8 Å². The Morgan fingerprint density at radius 2 is 2.07 bits per heavy atom.